The fourth-order valence-corrected chi connectivity index (χ4v) is 2.04. The van der Waals surface area contributed by atoms with Crippen LogP contribution < -0.4 is 0 Å². The van der Waals surface area contributed by atoms with Crippen LogP contribution in [0.15, 0.2) is 24.3 Å². The lowest BCUT2D eigenvalue weighted by Crippen LogP contribution is -2.11. The summed E-state index contributed by atoms with van der Waals surface area (Å²) >= 11 is 0. The molecular formula is C20H32O3. The molecule has 23 heavy (non-hydrogen) atoms. The van der Waals surface area contributed by atoms with Gasteiger partial charge in [-0.05, 0) is 31.8 Å². The smallest absolute Gasteiger partial charge is 0.304 e. The van der Waals surface area contributed by atoms with Gasteiger partial charge in [-0.2, -0.15) is 0 Å². The molecule has 0 spiro atoms. The molecule has 0 aliphatic heterocycles. The van der Waals surface area contributed by atoms with E-state index < -0.39 is 6.10 Å². The lowest BCUT2D eigenvalue weighted by molar-refractivity contribution is -0.142. The molecule has 3 heteroatoms. The molecule has 0 saturated heterocycles. The number of esters is 1. The van der Waals surface area contributed by atoms with E-state index in [0.29, 0.717) is 6.61 Å². The van der Waals surface area contributed by atoms with Gasteiger partial charge < -0.3 is 9.84 Å². The van der Waals surface area contributed by atoms with Crippen LogP contribution in [0.25, 0.3) is 0 Å². The van der Waals surface area contributed by atoms with E-state index >= 15 is 0 Å². The second-order valence-corrected chi connectivity index (χ2v) is 5.49. The third kappa shape index (κ3) is 16.7. The van der Waals surface area contributed by atoms with Crippen molar-refractivity contribution in [2.45, 2.75) is 77.7 Å². The number of hydrogen-bond donors (Lipinski definition) is 1. The first-order valence-electron chi connectivity index (χ1n) is 8.78. The zero-order chi connectivity index (χ0) is 17.2. The third-order valence-electron chi connectivity index (χ3n) is 3.23. The maximum absolute atomic E-state index is 11.1. The topological polar surface area (TPSA) is 46.5 Å². The minimum absolute atomic E-state index is 0.296. The predicted octanol–water partition coefficient (Wildman–Crippen LogP) is 4.56. The number of aliphatic hydroxyl groups excluding tert-OH is 1. The van der Waals surface area contributed by atoms with Crippen molar-refractivity contribution >= 4 is 5.97 Å². The van der Waals surface area contributed by atoms with E-state index in [0.717, 1.165) is 44.9 Å². The summed E-state index contributed by atoms with van der Waals surface area (Å²) < 4.78 is 5.18. The monoisotopic (exact) mass is 320 g/mol. The molecule has 1 unspecified atom stereocenters. The van der Waals surface area contributed by atoms with Crippen LogP contribution in [0.3, 0.4) is 0 Å². The van der Waals surface area contributed by atoms with Crippen LogP contribution in [0.5, 0.6) is 0 Å². The summed E-state index contributed by atoms with van der Waals surface area (Å²) in [7, 11) is 0. The normalized spacial score (nSPS) is 12.3. The number of rotatable bonds is 12. The minimum Gasteiger partial charge on any atom is -0.445 e. The van der Waals surface area contributed by atoms with Crippen molar-refractivity contribution in [2.75, 3.05) is 6.61 Å². The third-order valence-corrected chi connectivity index (χ3v) is 3.23. The maximum Gasteiger partial charge on any atom is 0.304 e. The number of carbonyl (C=O) groups is 1. The molecule has 1 N–H and O–H groups in total. The largest absolute Gasteiger partial charge is 0.445 e. The highest BCUT2D eigenvalue weighted by Crippen LogP contribution is 2.06. The summed E-state index contributed by atoms with van der Waals surface area (Å²) in [5, 5.41) is 8.69. The first-order chi connectivity index (χ1) is 11.2. The van der Waals surface area contributed by atoms with E-state index in [-0.39, 0.29) is 5.97 Å². The molecule has 0 heterocycles. The standard InChI is InChI=1S/C20H32O3/c1-3-4-5-10-13-16-20(23-19(2)22)17-14-11-8-6-7-9-12-15-18-21/h4-5,13,16,20-21H,3,6-12,15,18H2,1-2H3/b5-4-,16-13+. The predicted molar refractivity (Wildman–Crippen MR) is 95.9 cm³/mol. The molecule has 0 aromatic carbocycles. The van der Waals surface area contributed by atoms with E-state index in [2.05, 4.69) is 30.9 Å². The van der Waals surface area contributed by atoms with Gasteiger partial charge in [0, 0.05) is 20.0 Å². The van der Waals surface area contributed by atoms with Crippen molar-refractivity contribution < 1.29 is 14.6 Å². The van der Waals surface area contributed by atoms with E-state index in [1.165, 1.54) is 19.8 Å². The Morgan fingerprint density at radius 3 is 2.43 bits per heavy atom. The van der Waals surface area contributed by atoms with Gasteiger partial charge in [0.1, 0.15) is 0 Å². The Balaban J connectivity index is 3.99. The summed E-state index contributed by atoms with van der Waals surface area (Å²) in [6, 6.07) is 0. The second kappa shape index (κ2) is 16.8. The van der Waals surface area contributed by atoms with Crippen LogP contribution in [0, 0.1) is 11.8 Å². The molecule has 0 aromatic heterocycles. The van der Waals surface area contributed by atoms with E-state index in [1.54, 1.807) is 0 Å². The molecule has 0 bridgehead atoms. The van der Waals surface area contributed by atoms with Crippen LogP contribution in [-0.2, 0) is 9.53 Å². The van der Waals surface area contributed by atoms with E-state index in [1.807, 2.05) is 12.2 Å². The Morgan fingerprint density at radius 1 is 1.09 bits per heavy atom. The summed E-state index contributed by atoms with van der Waals surface area (Å²) in [4.78, 5) is 11.1. The first-order valence-corrected chi connectivity index (χ1v) is 8.78. The molecule has 1 atom stereocenters. The zero-order valence-electron chi connectivity index (χ0n) is 14.7. The van der Waals surface area contributed by atoms with Gasteiger partial charge in [0.15, 0.2) is 6.10 Å². The first kappa shape index (κ1) is 21.5. The summed E-state index contributed by atoms with van der Waals surface area (Å²) in [5.41, 5.74) is 0. The van der Waals surface area contributed by atoms with Crippen molar-refractivity contribution in [3.05, 3.63) is 24.3 Å². The lowest BCUT2D eigenvalue weighted by atomic mass is 10.1. The second-order valence-electron chi connectivity index (χ2n) is 5.49. The molecule has 3 nitrogen and oxygen atoms in total. The molecular weight excluding hydrogens is 288 g/mol. The molecule has 0 aromatic rings. The Morgan fingerprint density at radius 2 is 1.78 bits per heavy atom. The van der Waals surface area contributed by atoms with Crippen molar-refractivity contribution in [1.82, 2.24) is 0 Å². The van der Waals surface area contributed by atoms with Crippen molar-refractivity contribution in [3.8, 4) is 11.8 Å². The number of carbonyl (C=O) groups excluding carboxylic acids is 1. The molecule has 0 aliphatic carbocycles. The number of unbranched alkanes of at least 4 members (excludes halogenated alkanes) is 6. The molecule has 130 valence electrons. The van der Waals surface area contributed by atoms with Crippen LogP contribution >= 0.6 is 0 Å². The molecule has 0 aliphatic rings. The van der Waals surface area contributed by atoms with E-state index in [4.69, 9.17) is 9.84 Å². The Kier molecular flexibility index (Phi) is 15.7. The average molecular weight is 320 g/mol. The zero-order valence-corrected chi connectivity index (χ0v) is 14.7. The van der Waals surface area contributed by atoms with Crippen molar-refractivity contribution in [2.24, 2.45) is 0 Å². The van der Waals surface area contributed by atoms with Gasteiger partial charge in [-0.3, -0.25) is 4.79 Å². The van der Waals surface area contributed by atoms with Gasteiger partial charge in [-0.25, -0.2) is 0 Å². The SMILES string of the molecule is CC/C=C\C/C=C/C(C#CCCCCCCCCO)OC(C)=O. The molecule has 0 amide bonds. The number of aliphatic hydroxyl groups is 1. The van der Waals surface area contributed by atoms with Gasteiger partial charge in [0.2, 0.25) is 0 Å². The molecule has 0 rings (SSSR count). The summed E-state index contributed by atoms with van der Waals surface area (Å²) in [6.07, 6.45) is 16.9. The highest BCUT2D eigenvalue weighted by Gasteiger charge is 2.02. The number of hydrogen-bond acceptors (Lipinski definition) is 3. The fraction of sp³-hybridized carbons (Fsp3) is 0.650. The molecule has 0 radical (unpaired) electrons. The van der Waals surface area contributed by atoms with E-state index in [9.17, 15) is 4.79 Å². The highest BCUT2D eigenvalue weighted by atomic mass is 16.5. The van der Waals surface area contributed by atoms with Gasteiger partial charge in [0.25, 0.3) is 0 Å². The van der Waals surface area contributed by atoms with Crippen LogP contribution in [0.1, 0.15) is 71.6 Å². The Bertz CT molecular complexity index is 399. The van der Waals surface area contributed by atoms with Crippen LogP contribution in [-0.4, -0.2) is 23.8 Å². The van der Waals surface area contributed by atoms with Gasteiger partial charge in [-0.15, -0.1) is 0 Å². The summed E-state index contributed by atoms with van der Waals surface area (Å²) in [5.74, 6) is 5.82. The fourth-order valence-electron chi connectivity index (χ4n) is 2.04. The minimum atomic E-state index is -0.438. The molecule has 0 saturated carbocycles. The van der Waals surface area contributed by atoms with Crippen molar-refractivity contribution in [3.63, 3.8) is 0 Å². The highest BCUT2D eigenvalue weighted by molar-refractivity contribution is 5.66. The van der Waals surface area contributed by atoms with Gasteiger partial charge >= 0.3 is 5.97 Å². The number of allylic oxidation sites excluding steroid dienone is 3. The Hall–Kier alpha value is -1.53. The van der Waals surface area contributed by atoms with Crippen LogP contribution in [0.4, 0.5) is 0 Å². The quantitative estimate of drug-likeness (QED) is 0.248. The Labute approximate surface area is 141 Å². The maximum atomic E-state index is 11.1. The average Bonchev–Trinajstić information content (AvgIpc) is 2.52. The summed E-state index contributed by atoms with van der Waals surface area (Å²) in [6.45, 7) is 3.80. The van der Waals surface area contributed by atoms with Crippen LogP contribution in [0.2, 0.25) is 0 Å². The van der Waals surface area contributed by atoms with Gasteiger partial charge in [0.05, 0.1) is 0 Å². The van der Waals surface area contributed by atoms with Gasteiger partial charge in [-0.1, -0.05) is 62.7 Å². The molecule has 0 fully saturated rings. The van der Waals surface area contributed by atoms with Crippen molar-refractivity contribution in [1.29, 1.82) is 0 Å². The lowest BCUT2D eigenvalue weighted by Gasteiger charge is -2.05. The number of ether oxygens (including phenoxy) is 1.